The van der Waals surface area contributed by atoms with E-state index in [9.17, 15) is 33.6 Å². The largest absolute Gasteiger partial charge is 0.383 e. The molecule has 6 aliphatic heterocycles. The lowest BCUT2D eigenvalue weighted by atomic mass is 9.73. The van der Waals surface area contributed by atoms with E-state index in [1.54, 1.807) is 25.4 Å². The van der Waals surface area contributed by atoms with Crippen molar-refractivity contribution in [3.05, 3.63) is 130 Å². The van der Waals surface area contributed by atoms with Crippen LogP contribution in [-0.2, 0) is 24.6 Å². The summed E-state index contributed by atoms with van der Waals surface area (Å²) in [7, 11) is 0. The first kappa shape index (κ1) is 61.9. The van der Waals surface area contributed by atoms with Gasteiger partial charge in [-0.15, -0.1) is 0 Å². The van der Waals surface area contributed by atoms with Gasteiger partial charge in [0.25, 0.3) is 23.6 Å². The number of hydrogen-bond donors (Lipinski definition) is 5. The van der Waals surface area contributed by atoms with Crippen molar-refractivity contribution < 1.29 is 42.7 Å². The number of nitrogens with one attached hydrogen (secondary N) is 5. The van der Waals surface area contributed by atoms with Crippen LogP contribution in [-0.4, -0.2) is 164 Å². The molecule has 4 aromatic carbocycles. The Hall–Kier alpha value is -8.89. The highest BCUT2D eigenvalue weighted by molar-refractivity contribution is 6.25. The summed E-state index contributed by atoms with van der Waals surface area (Å²) in [5.74, 6) is -2.60. The lowest BCUT2D eigenvalue weighted by Crippen LogP contribution is -2.58. The van der Waals surface area contributed by atoms with E-state index in [1.807, 2.05) is 73.6 Å². The number of piperidine rings is 4. The fourth-order valence-corrected chi connectivity index (χ4v) is 15.0. The van der Waals surface area contributed by atoms with Crippen LogP contribution in [0.15, 0.2) is 85.2 Å². The highest BCUT2D eigenvalue weighted by atomic mass is 19.1. The number of aryl methyl sites for hydroxylation is 1. The minimum absolute atomic E-state index is 0.00508. The van der Waals surface area contributed by atoms with Crippen LogP contribution in [0.3, 0.4) is 0 Å². The first-order valence-electron chi connectivity index (χ1n) is 32.8. The van der Waals surface area contributed by atoms with Crippen LogP contribution in [0.1, 0.15) is 168 Å². The Labute approximate surface area is 534 Å². The lowest BCUT2D eigenvalue weighted by molar-refractivity contribution is -0.137. The van der Waals surface area contributed by atoms with Gasteiger partial charge in [-0.2, -0.15) is 0 Å². The molecule has 1 unspecified atom stereocenters. The van der Waals surface area contributed by atoms with Crippen molar-refractivity contribution in [2.45, 2.75) is 147 Å². The number of carbonyl (C=O) groups excluding carboxylic acids is 8. The molecule has 92 heavy (non-hydrogen) atoms. The van der Waals surface area contributed by atoms with Crippen LogP contribution in [0.4, 0.5) is 27.3 Å². The lowest BCUT2D eigenvalue weighted by Gasteiger charge is -2.48. The molecule has 2 aromatic heterocycles. The Kier molecular flexibility index (Phi) is 17.0. The van der Waals surface area contributed by atoms with Gasteiger partial charge < -0.3 is 40.5 Å². The van der Waals surface area contributed by atoms with E-state index in [0.717, 1.165) is 79.1 Å². The SMILES string of the molecule is Cc1cc(F)c(Nc2nc(-c3ccc4c(c3)N([C@H]3C[C@@H](N5CCCCC5)C3)C(=O)C43CCN(C(=O)CN4CCC(c5ccc(C(=O)NCCNc6cccc7c6C(=O)N(C6CCC(=O)NC6=O)C7=O)cc5)CC4)CC3)cc3ncn(C(C)C)c23)cc1C(=O)NC(C)C. The average Bonchev–Trinajstić information content (AvgIpc) is 1.55. The summed E-state index contributed by atoms with van der Waals surface area (Å²) in [4.78, 5) is 127. The zero-order valence-electron chi connectivity index (χ0n) is 52.9. The van der Waals surface area contributed by atoms with Crippen molar-refractivity contribution >= 4 is 81.2 Å². The first-order valence-corrected chi connectivity index (χ1v) is 32.8. The number of imide groups is 2. The second-order valence-electron chi connectivity index (χ2n) is 26.6. The number of nitrogens with zero attached hydrogens (tertiary/aromatic N) is 8. The van der Waals surface area contributed by atoms with Crippen molar-refractivity contribution in [3.8, 4) is 11.3 Å². The summed E-state index contributed by atoms with van der Waals surface area (Å²) in [6, 6.07) is 22.8. The smallest absolute Gasteiger partial charge is 0.264 e. The van der Waals surface area contributed by atoms with Gasteiger partial charge in [0.2, 0.25) is 23.6 Å². The molecule has 5 fully saturated rings. The number of rotatable bonds is 17. The molecule has 480 valence electrons. The van der Waals surface area contributed by atoms with Gasteiger partial charge in [-0.3, -0.25) is 53.5 Å². The first-order chi connectivity index (χ1) is 44.3. The van der Waals surface area contributed by atoms with Gasteiger partial charge in [0.15, 0.2) is 5.82 Å². The molecule has 22 heteroatoms. The summed E-state index contributed by atoms with van der Waals surface area (Å²) < 4.78 is 18.0. The number of imidazole rings is 1. The molecule has 1 saturated carbocycles. The van der Waals surface area contributed by atoms with E-state index in [-0.39, 0.29) is 90.4 Å². The normalized spacial score (nSPS) is 21.1. The van der Waals surface area contributed by atoms with Crippen LogP contribution in [0.5, 0.6) is 0 Å². The van der Waals surface area contributed by atoms with E-state index in [0.29, 0.717) is 83.4 Å². The van der Waals surface area contributed by atoms with Crippen molar-refractivity contribution in [2.24, 2.45) is 0 Å². The predicted molar refractivity (Wildman–Crippen MR) is 346 cm³/mol. The maximum atomic E-state index is 16.0. The molecule has 6 aromatic rings. The van der Waals surface area contributed by atoms with Crippen molar-refractivity contribution in [2.75, 3.05) is 74.4 Å². The van der Waals surface area contributed by atoms with Gasteiger partial charge in [0, 0.05) is 84.8 Å². The third-order valence-corrected chi connectivity index (χ3v) is 20.2. The van der Waals surface area contributed by atoms with Crippen LogP contribution < -0.4 is 31.5 Å². The molecule has 5 N–H and O–H groups in total. The number of likely N-dealkylation sites (tertiary alicyclic amines) is 3. The Balaban J connectivity index is 0.643. The van der Waals surface area contributed by atoms with E-state index >= 15 is 9.18 Å². The number of hydrogen-bond acceptors (Lipinski definition) is 14. The number of carbonyl (C=O) groups is 8. The van der Waals surface area contributed by atoms with Crippen LogP contribution in [0.2, 0.25) is 0 Å². The highest BCUT2D eigenvalue weighted by Crippen LogP contribution is 2.52. The maximum Gasteiger partial charge on any atom is 0.264 e. The number of anilines is 4. The maximum absolute atomic E-state index is 16.0. The Bertz CT molecular complexity index is 3950. The summed E-state index contributed by atoms with van der Waals surface area (Å²) in [5, 5.41) is 14.5. The van der Waals surface area contributed by atoms with Crippen molar-refractivity contribution in [3.63, 3.8) is 0 Å². The van der Waals surface area contributed by atoms with E-state index < -0.39 is 40.9 Å². The molecule has 1 atom stereocenters. The quantitative estimate of drug-likeness (QED) is 0.0426. The van der Waals surface area contributed by atoms with Crippen molar-refractivity contribution in [1.82, 2.24) is 50.1 Å². The standard InChI is InChI=1S/C70H80FN13O8/c1-40(2)75-65(88)50-36-55(52(71)32-42(50)5)77-63-62-56(74-39-82(62)41(3)4)37-54(76-63)46-16-17-51-58(33-46)83(48-34-47(35-48)80-26-7-6-8-27-80)69(92)70(51)22-30-81(31-23-70)60(86)38-79-28-20-44(21-29-79)43-12-14-45(15-13-43)64(87)73-25-24-72-53-11-9-10-49-61(53)68(91)84(67(49)90)57-18-19-59(85)78-66(57)89/h9-17,32-33,36-37,39-41,44,47-48,57,72H,6-8,18-31,34-35,38H2,1-5H3,(H,73,87)(H,75,88)(H,76,77)(H,78,85,89)/t47-,48+,57?. The minimum Gasteiger partial charge on any atom is -0.383 e. The number of benzene rings is 4. The fraction of sp³-hybridized carbons (Fsp3) is 0.457. The van der Waals surface area contributed by atoms with Gasteiger partial charge in [-0.25, -0.2) is 14.4 Å². The third kappa shape index (κ3) is 11.7. The molecule has 8 amide bonds. The van der Waals surface area contributed by atoms with Crippen LogP contribution in [0, 0.1) is 12.7 Å². The van der Waals surface area contributed by atoms with E-state index in [1.165, 1.54) is 37.5 Å². The van der Waals surface area contributed by atoms with Gasteiger partial charge in [-0.05, 0) is 190 Å². The van der Waals surface area contributed by atoms with Crippen LogP contribution in [0.25, 0.3) is 22.3 Å². The molecule has 21 nitrogen and oxygen atoms in total. The second kappa shape index (κ2) is 25.3. The van der Waals surface area contributed by atoms with Gasteiger partial charge in [-0.1, -0.05) is 36.8 Å². The molecular formula is C70H80FN13O8. The number of fused-ring (bicyclic) bond motifs is 4. The van der Waals surface area contributed by atoms with E-state index in [4.69, 9.17) is 9.97 Å². The van der Waals surface area contributed by atoms with E-state index in [2.05, 4.69) is 53.4 Å². The molecule has 1 aliphatic carbocycles. The molecule has 0 bridgehead atoms. The average molecular weight is 1250 g/mol. The zero-order chi connectivity index (χ0) is 64.3. The minimum atomic E-state index is -1.07. The second-order valence-corrected chi connectivity index (χ2v) is 26.6. The fourth-order valence-electron chi connectivity index (χ4n) is 15.0. The molecule has 0 radical (unpaired) electrons. The predicted octanol–water partition coefficient (Wildman–Crippen LogP) is 8.35. The molecule has 4 saturated heterocycles. The molecule has 8 heterocycles. The number of halogens is 1. The summed E-state index contributed by atoms with van der Waals surface area (Å²) in [6.45, 7) is 14.9. The third-order valence-electron chi connectivity index (χ3n) is 20.2. The summed E-state index contributed by atoms with van der Waals surface area (Å²) in [6.07, 6.45) is 10.0. The van der Waals surface area contributed by atoms with Crippen molar-refractivity contribution in [1.29, 1.82) is 0 Å². The topological polar surface area (TPSA) is 244 Å². The van der Waals surface area contributed by atoms with Gasteiger partial charge in [0.05, 0.1) is 46.3 Å². The summed E-state index contributed by atoms with van der Waals surface area (Å²) in [5.41, 5.74) is 7.13. The monoisotopic (exact) mass is 1250 g/mol. The molecular weight excluding hydrogens is 1170 g/mol. The van der Waals surface area contributed by atoms with Gasteiger partial charge in [0.1, 0.15) is 17.4 Å². The zero-order valence-corrected chi connectivity index (χ0v) is 52.9. The Morgan fingerprint density at radius 1 is 0.772 bits per heavy atom. The number of amides is 8. The Morgan fingerprint density at radius 2 is 1.52 bits per heavy atom. The summed E-state index contributed by atoms with van der Waals surface area (Å²) >= 11 is 0. The number of aromatic nitrogens is 3. The van der Waals surface area contributed by atoms with Crippen LogP contribution >= 0.6 is 0 Å². The molecule has 7 aliphatic rings. The highest BCUT2D eigenvalue weighted by Gasteiger charge is 2.56. The molecule has 13 rings (SSSR count). The molecule has 1 spiro atoms. The Morgan fingerprint density at radius 3 is 2.24 bits per heavy atom. The van der Waals surface area contributed by atoms with Gasteiger partial charge >= 0.3 is 0 Å². The number of pyridine rings is 1.